The lowest BCUT2D eigenvalue weighted by Gasteiger charge is -2.35. The summed E-state index contributed by atoms with van der Waals surface area (Å²) < 4.78 is 0. The topological polar surface area (TPSA) is 86.3 Å². The van der Waals surface area contributed by atoms with Gasteiger partial charge >= 0.3 is 5.97 Å². The van der Waals surface area contributed by atoms with E-state index in [0.29, 0.717) is 18.2 Å². The number of hydrogen-bond acceptors (Lipinski definition) is 4. The second-order valence-corrected chi connectivity index (χ2v) is 4.30. The first-order valence-corrected chi connectivity index (χ1v) is 5.38. The van der Waals surface area contributed by atoms with Gasteiger partial charge in [0.2, 0.25) is 0 Å². The molecule has 0 amide bonds. The molecule has 0 aliphatic rings. The molecule has 0 radical (unpaired) electrons. The summed E-state index contributed by atoms with van der Waals surface area (Å²) in [6.07, 6.45) is 0. The van der Waals surface area contributed by atoms with Crippen LogP contribution in [0.25, 0.3) is 0 Å². The molecule has 0 fully saturated rings. The standard InChI is InChI=1S/C11H17N3O3/c1-5-14(11(3,4)10(16)17)8-6-9(15)13-7(2)12-8/h6H,5H2,1-4H3,(H,16,17)(H,12,13,15). The minimum atomic E-state index is -1.11. The number of nitrogens with zero attached hydrogens (tertiary/aromatic N) is 2. The third-order valence-corrected chi connectivity index (χ3v) is 2.64. The van der Waals surface area contributed by atoms with Crippen LogP contribution in [-0.4, -0.2) is 33.1 Å². The highest BCUT2D eigenvalue weighted by Crippen LogP contribution is 2.20. The number of hydrogen-bond donors (Lipinski definition) is 2. The zero-order chi connectivity index (χ0) is 13.2. The number of aryl methyl sites for hydroxylation is 1. The summed E-state index contributed by atoms with van der Waals surface area (Å²) in [5.74, 6) is -0.118. The van der Waals surface area contributed by atoms with Crippen LogP contribution in [-0.2, 0) is 4.79 Å². The van der Waals surface area contributed by atoms with Crippen LogP contribution in [0.5, 0.6) is 0 Å². The summed E-state index contributed by atoms with van der Waals surface area (Å²) in [6.45, 7) is 7.10. The zero-order valence-electron chi connectivity index (χ0n) is 10.4. The Morgan fingerprint density at radius 1 is 1.59 bits per heavy atom. The predicted molar refractivity (Wildman–Crippen MR) is 64.3 cm³/mol. The maximum Gasteiger partial charge on any atom is 0.328 e. The first-order chi connectivity index (χ1) is 7.78. The normalized spacial score (nSPS) is 11.3. The van der Waals surface area contributed by atoms with Gasteiger partial charge in [0.1, 0.15) is 17.2 Å². The van der Waals surface area contributed by atoms with Crippen molar-refractivity contribution in [2.75, 3.05) is 11.4 Å². The molecular weight excluding hydrogens is 222 g/mol. The smallest absolute Gasteiger partial charge is 0.328 e. The van der Waals surface area contributed by atoms with Crippen molar-refractivity contribution in [1.82, 2.24) is 9.97 Å². The number of rotatable bonds is 4. The van der Waals surface area contributed by atoms with Gasteiger partial charge in [-0.15, -0.1) is 0 Å². The van der Waals surface area contributed by atoms with E-state index in [2.05, 4.69) is 9.97 Å². The molecule has 6 heteroatoms. The number of aliphatic carboxylic acids is 1. The molecule has 0 unspecified atom stereocenters. The fourth-order valence-corrected chi connectivity index (χ4v) is 1.66. The van der Waals surface area contributed by atoms with Crippen molar-refractivity contribution >= 4 is 11.8 Å². The van der Waals surface area contributed by atoms with Crippen molar-refractivity contribution in [3.8, 4) is 0 Å². The number of anilines is 1. The van der Waals surface area contributed by atoms with Gasteiger partial charge in [-0.3, -0.25) is 4.79 Å². The van der Waals surface area contributed by atoms with Gasteiger partial charge in [-0.25, -0.2) is 9.78 Å². The van der Waals surface area contributed by atoms with E-state index in [4.69, 9.17) is 0 Å². The monoisotopic (exact) mass is 239 g/mol. The van der Waals surface area contributed by atoms with Crippen molar-refractivity contribution in [1.29, 1.82) is 0 Å². The third-order valence-electron chi connectivity index (χ3n) is 2.64. The van der Waals surface area contributed by atoms with Crippen LogP contribution in [0.4, 0.5) is 5.82 Å². The van der Waals surface area contributed by atoms with Gasteiger partial charge in [-0.1, -0.05) is 0 Å². The van der Waals surface area contributed by atoms with Gasteiger partial charge in [-0.05, 0) is 27.7 Å². The van der Waals surface area contributed by atoms with Gasteiger partial charge in [0.05, 0.1) is 0 Å². The van der Waals surface area contributed by atoms with E-state index < -0.39 is 11.5 Å². The van der Waals surface area contributed by atoms with E-state index in [1.165, 1.54) is 6.07 Å². The molecule has 0 aliphatic heterocycles. The summed E-state index contributed by atoms with van der Waals surface area (Å²) >= 11 is 0. The Labute approximate surface area is 99.3 Å². The minimum absolute atomic E-state index is 0.285. The molecule has 1 aromatic heterocycles. The molecule has 1 heterocycles. The Morgan fingerprint density at radius 2 is 2.18 bits per heavy atom. The maximum atomic E-state index is 11.4. The highest BCUT2D eigenvalue weighted by Gasteiger charge is 2.34. The van der Waals surface area contributed by atoms with E-state index in [-0.39, 0.29) is 5.56 Å². The van der Waals surface area contributed by atoms with Crippen LogP contribution in [0.2, 0.25) is 0 Å². The number of aromatic amines is 1. The Kier molecular flexibility index (Phi) is 3.55. The van der Waals surface area contributed by atoms with Gasteiger partial charge in [0.25, 0.3) is 5.56 Å². The molecule has 0 bridgehead atoms. The number of nitrogens with one attached hydrogen (secondary N) is 1. The van der Waals surface area contributed by atoms with Gasteiger partial charge in [0, 0.05) is 12.6 Å². The lowest BCUT2D eigenvalue weighted by molar-refractivity contribution is -0.142. The number of likely N-dealkylation sites (N-methyl/N-ethyl adjacent to an activating group) is 1. The molecule has 0 saturated heterocycles. The van der Waals surface area contributed by atoms with E-state index in [0.717, 1.165) is 0 Å². The number of carboxylic acids is 1. The second-order valence-electron chi connectivity index (χ2n) is 4.30. The summed E-state index contributed by atoms with van der Waals surface area (Å²) in [4.78, 5) is 30.8. The van der Waals surface area contributed by atoms with Crippen LogP contribution in [0, 0.1) is 6.92 Å². The highest BCUT2D eigenvalue weighted by atomic mass is 16.4. The van der Waals surface area contributed by atoms with Gasteiger partial charge in [-0.2, -0.15) is 0 Å². The van der Waals surface area contributed by atoms with Crippen LogP contribution in [0.3, 0.4) is 0 Å². The first kappa shape index (κ1) is 13.2. The zero-order valence-corrected chi connectivity index (χ0v) is 10.4. The van der Waals surface area contributed by atoms with Crippen LogP contribution in [0.15, 0.2) is 10.9 Å². The van der Waals surface area contributed by atoms with Crippen LogP contribution >= 0.6 is 0 Å². The Bertz CT molecular complexity index is 479. The first-order valence-electron chi connectivity index (χ1n) is 5.38. The predicted octanol–water partition coefficient (Wildman–Crippen LogP) is 0.768. The molecule has 1 aromatic rings. The molecule has 17 heavy (non-hydrogen) atoms. The molecule has 94 valence electrons. The fraction of sp³-hybridized carbons (Fsp3) is 0.545. The van der Waals surface area contributed by atoms with Crippen LogP contribution < -0.4 is 10.5 Å². The molecule has 1 rings (SSSR count). The van der Waals surface area contributed by atoms with E-state index in [9.17, 15) is 14.7 Å². The molecule has 0 spiro atoms. The van der Waals surface area contributed by atoms with Crippen molar-refractivity contribution in [2.45, 2.75) is 33.2 Å². The molecule has 6 nitrogen and oxygen atoms in total. The molecule has 0 atom stereocenters. The van der Waals surface area contributed by atoms with Gasteiger partial charge in [0.15, 0.2) is 0 Å². The minimum Gasteiger partial charge on any atom is -0.480 e. The average Bonchev–Trinajstić information content (AvgIpc) is 2.16. The molecule has 2 N–H and O–H groups in total. The Morgan fingerprint density at radius 3 is 2.59 bits per heavy atom. The van der Waals surface area contributed by atoms with Gasteiger partial charge < -0.3 is 15.0 Å². The van der Waals surface area contributed by atoms with Crippen molar-refractivity contribution in [3.05, 3.63) is 22.2 Å². The van der Waals surface area contributed by atoms with Crippen molar-refractivity contribution in [2.24, 2.45) is 0 Å². The number of H-pyrrole nitrogens is 1. The maximum absolute atomic E-state index is 11.4. The van der Waals surface area contributed by atoms with Crippen molar-refractivity contribution < 1.29 is 9.90 Å². The summed E-state index contributed by atoms with van der Waals surface area (Å²) in [5.41, 5.74) is -1.39. The lowest BCUT2D eigenvalue weighted by atomic mass is 10.0. The van der Waals surface area contributed by atoms with Crippen LogP contribution in [0.1, 0.15) is 26.6 Å². The lowest BCUT2D eigenvalue weighted by Crippen LogP contribution is -2.51. The molecular formula is C11H17N3O3. The third kappa shape index (κ3) is 2.64. The van der Waals surface area contributed by atoms with E-state index in [1.807, 2.05) is 6.92 Å². The van der Waals surface area contributed by atoms with Crippen molar-refractivity contribution in [3.63, 3.8) is 0 Å². The molecule has 0 aliphatic carbocycles. The summed E-state index contributed by atoms with van der Waals surface area (Å²) in [7, 11) is 0. The number of aromatic nitrogens is 2. The summed E-state index contributed by atoms with van der Waals surface area (Å²) in [5, 5.41) is 9.19. The highest BCUT2D eigenvalue weighted by molar-refractivity contribution is 5.82. The largest absolute Gasteiger partial charge is 0.480 e. The number of carboxylic acid groups (broad SMARTS) is 1. The fourth-order valence-electron chi connectivity index (χ4n) is 1.66. The molecule has 0 aromatic carbocycles. The number of carbonyl (C=O) groups is 1. The Balaban J connectivity index is 3.27. The van der Waals surface area contributed by atoms with E-state index in [1.54, 1.807) is 25.7 Å². The second kappa shape index (κ2) is 4.57. The summed E-state index contributed by atoms with van der Waals surface area (Å²) in [6, 6.07) is 1.31. The average molecular weight is 239 g/mol. The SMILES string of the molecule is CCN(c1cc(=O)[nH]c(C)n1)C(C)(C)C(=O)O. The quantitative estimate of drug-likeness (QED) is 0.810. The van der Waals surface area contributed by atoms with E-state index >= 15 is 0 Å². The molecule has 0 saturated carbocycles. The Hall–Kier alpha value is -1.85.